The molecule has 4 fully saturated rings. The third kappa shape index (κ3) is 8.08. The van der Waals surface area contributed by atoms with Crippen LogP contribution in [0.1, 0.15) is 122 Å². The molecule has 0 radical (unpaired) electrons. The maximum absolute atomic E-state index is 13.5. The minimum Gasteiger partial charge on any atom is -0.490 e. The molecule has 0 spiro atoms. The summed E-state index contributed by atoms with van der Waals surface area (Å²) in [5.74, 6) is -0.294. The van der Waals surface area contributed by atoms with E-state index in [-0.39, 0.29) is 53.7 Å². The number of hydrogen-bond acceptors (Lipinski definition) is 13. The maximum Gasteiger partial charge on any atom is 0.262 e. The van der Waals surface area contributed by atoms with E-state index in [1.54, 1.807) is 48.8 Å². The number of carbonyl (C=O) groups excluding carboxylic acids is 5. The highest BCUT2D eigenvalue weighted by Crippen LogP contribution is 2.55. The number of carbonyl (C=O) groups is 5. The Morgan fingerprint density at radius 2 is 1.52 bits per heavy atom. The molecule has 1 atom stereocenters. The fourth-order valence-electron chi connectivity index (χ4n) is 10.6. The van der Waals surface area contributed by atoms with Gasteiger partial charge in [-0.2, -0.15) is 10.5 Å². The number of fused-ring (bicyclic) bond motifs is 1. The van der Waals surface area contributed by atoms with Crippen LogP contribution >= 0.6 is 0 Å². The van der Waals surface area contributed by atoms with Crippen LogP contribution in [0, 0.1) is 39.4 Å². The molecule has 1 aromatic heterocycles. The fourth-order valence-corrected chi connectivity index (χ4v) is 10.6. The molecule has 2 aromatic carbocycles. The lowest BCUT2D eigenvalue weighted by Gasteiger charge is -2.63. The first kappa shape index (κ1) is 43.3. The van der Waals surface area contributed by atoms with Crippen LogP contribution in [-0.2, 0) is 9.59 Å². The summed E-state index contributed by atoms with van der Waals surface area (Å²) in [6.07, 6.45) is 6.68. The largest absolute Gasteiger partial charge is 0.490 e. The van der Waals surface area contributed by atoms with Crippen molar-refractivity contribution < 1.29 is 33.4 Å². The molecule has 3 aromatic rings. The lowest BCUT2D eigenvalue weighted by molar-refractivity contribution is -0.164. The average Bonchev–Trinajstić information content (AvgIpc) is 3.49. The van der Waals surface area contributed by atoms with E-state index < -0.39 is 40.5 Å². The molecule has 2 saturated heterocycles. The van der Waals surface area contributed by atoms with Crippen molar-refractivity contribution in [2.45, 2.75) is 116 Å². The molecule has 2 aliphatic carbocycles. The quantitative estimate of drug-likeness (QED) is 0.236. The van der Waals surface area contributed by atoms with E-state index >= 15 is 0 Å². The second-order valence-electron chi connectivity index (χ2n) is 19.0. The van der Waals surface area contributed by atoms with Crippen molar-refractivity contribution in [3.05, 3.63) is 76.6 Å². The standard InChI is InChI=1S/C47H53N9O7/c1-26(2)55(31-18-34(19-31)62-33-9-10-35-36(20-33)42(61)56(41(35)60)37-11-12-38(57)52-40(37)59)25-27-13-15-54(16-14-27)45-50-23-30(24-51-45)39(58)53-43-46(3,4)44(47(43,5)6)63-32-8-7-28(21-48)29(17-32)22-49/h7-10,17,20,23-24,26-27,31,34,37,43-44H,11-16,18-19,25H2,1-6H3,(H,53,58)(H,52,57,59). The SMILES string of the molecule is CC(C)N(CC1CCN(c2ncc(C(=O)NC3C(C)(C)C(Oc4ccc(C#N)c(C#N)c4)C3(C)C)cn2)CC1)C1CC(Oc2ccc3c(c2)C(=O)N(C2CCC(=O)NC2=O)C3=O)C1. The van der Waals surface area contributed by atoms with E-state index in [1.807, 2.05) is 33.8 Å². The minimum absolute atomic E-state index is 0.0332. The Bertz CT molecular complexity index is 2410. The van der Waals surface area contributed by atoms with Gasteiger partial charge in [-0.1, -0.05) is 27.7 Å². The van der Waals surface area contributed by atoms with E-state index in [2.05, 4.69) is 50.3 Å². The predicted octanol–water partition coefficient (Wildman–Crippen LogP) is 4.77. The molecule has 8 rings (SSSR count). The number of nitrogens with one attached hydrogen (secondary N) is 2. The van der Waals surface area contributed by atoms with Crippen LogP contribution in [0.3, 0.4) is 0 Å². The number of ether oxygens (including phenoxy) is 2. The van der Waals surface area contributed by atoms with Crippen molar-refractivity contribution in [3.8, 4) is 23.6 Å². The smallest absolute Gasteiger partial charge is 0.262 e. The zero-order valence-electron chi connectivity index (χ0n) is 36.5. The number of amides is 5. The highest BCUT2D eigenvalue weighted by atomic mass is 16.5. The first-order valence-corrected chi connectivity index (χ1v) is 21.8. The molecule has 5 amide bonds. The summed E-state index contributed by atoms with van der Waals surface area (Å²) in [6.45, 7) is 15.2. The van der Waals surface area contributed by atoms with Gasteiger partial charge in [-0.05, 0) is 75.4 Å². The van der Waals surface area contributed by atoms with Gasteiger partial charge in [0.25, 0.3) is 17.7 Å². The Hall–Kier alpha value is -6.39. The average molecular weight is 856 g/mol. The van der Waals surface area contributed by atoms with Gasteiger partial charge >= 0.3 is 0 Å². The zero-order chi connectivity index (χ0) is 45.0. The van der Waals surface area contributed by atoms with E-state index in [1.165, 1.54) is 0 Å². The number of benzene rings is 2. The Balaban J connectivity index is 0.797. The Morgan fingerprint density at radius 1 is 0.889 bits per heavy atom. The summed E-state index contributed by atoms with van der Waals surface area (Å²) in [5.41, 5.74) is 0.486. The van der Waals surface area contributed by atoms with Crippen LogP contribution in [0.2, 0.25) is 0 Å². The molecule has 3 aliphatic heterocycles. The maximum atomic E-state index is 13.5. The first-order valence-electron chi connectivity index (χ1n) is 21.8. The molecule has 5 aliphatic rings. The molecule has 2 saturated carbocycles. The monoisotopic (exact) mass is 855 g/mol. The van der Waals surface area contributed by atoms with Crippen molar-refractivity contribution in [1.82, 2.24) is 30.4 Å². The van der Waals surface area contributed by atoms with Gasteiger partial charge < -0.3 is 19.7 Å². The number of imide groups is 2. The van der Waals surface area contributed by atoms with E-state index in [9.17, 15) is 34.5 Å². The van der Waals surface area contributed by atoms with Crippen molar-refractivity contribution in [2.24, 2.45) is 16.7 Å². The Kier molecular flexibility index (Phi) is 11.5. The van der Waals surface area contributed by atoms with Gasteiger partial charge in [0.15, 0.2) is 0 Å². The normalized spacial score (nSPS) is 25.1. The highest BCUT2D eigenvalue weighted by Gasteiger charge is 2.64. The summed E-state index contributed by atoms with van der Waals surface area (Å²) in [4.78, 5) is 78.9. The van der Waals surface area contributed by atoms with Crippen molar-refractivity contribution in [3.63, 3.8) is 0 Å². The third-order valence-electron chi connectivity index (χ3n) is 13.8. The molecular weight excluding hydrogens is 803 g/mol. The van der Waals surface area contributed by atoms with Gasteiger partial charge in [0.2, 0.25) is 17.8 Å². The van der Waals surface area contributed by atoms with Gasteiger partial charge in [-0.25, -0.2) is 9.97 Å². The number of nitriles is 2. The van der Waals surface area contributed by atoms with Gasteiger partial charge in [0, 0.05) is 80.2 Å². The van der Waals surface area contributed by atoms with E-state index in [4.69, 9.17) is 9.47 Å². The lowest BCUT2D eigenvalue weighted by atomic mass is 9.49. The molecular formula is C47H53N9O7. The molecule has 1 unspecified atom stereocenters. The van der Waals surface area contributed by atoms with E-state index in [0.717, 1.165) is 50.2 Å². The van der Waals surface area contributed by atoms with Crippen LogP contribution in [0.4, 0.5) is 5.95 Å². The van der Waals surface area contributed by atoms with Crippen LogP contribution in [-0.4, -0.2) is 105 Å². The molecule has 16 heteroatoms. The first-order chi connectivity index (χ1) is 30.0. The summed E-state index contributed by atoms with van der Waals surface area (Å²) in [6, 6.07) is 13.3. The van der Waals surface area contributed by atoms with Crippen LogP contribution in [0.15, 0.2) is 48.8 Å². The van der Waals surface area contributed by atoms with Gasteiger partial charge in [0.1, 0.15) is 41.9 Å². The molecule has 0 bridgehead atoms. The number of piperidine rings is 2. The number of aromatic nitrogens is 2. The lowest BCUT2D eigenvalue weighted by Crippen LogP contribution is -2.74. The summed E-state index contributed by atoms with van der Waals surface area (Å²) < 4.78 is 12.7. The van der Waals surface area contributed by atoms with Crippen molar-refractivity contribution in [1.29, 1.82) is 10.5 Å². The van der Waals surface area contributed by atoms with Crippen molar-refractivity contribution >= 4 is 35.5 Å². The fraction of sp³-hybridized carbons (Fsp3) is 0.511. The predicted molar refractivity (Wildman–Crippen MR) is 228 cm³/mol. The molecule has 63 heavy (non-hydrogen) atoms. The van der Waals surface area contributed by atoms with Crippen LogP contribution in [0.5, 0.6) is 11.5 Å². The molecule has 2 N–H and O–H groups in total. The van der Waals surface area contributed by atoms with Gasteiger partial charge in [0.05, 0.1) is 27.8 Å². The second-order valence-corrected chi connectivity index (χ2v) is 19.0. The van der Waals surface area contributed by atoms with Gasteiger partial charge in [-0.15, -0.1) is 0 Å². The Morgan fingerprint density at radius 3 is 2.16 bits per heavy atom. The number of anilines is 1. The third-order valence-corrected chi connectivity index (χ3v) is 13.8. The molecule has 16 nitrogen and oxygen atoms in total. The number of rotatable bonds is 12. The zero-order valence-corrected chi connectivity index (χ0v) is 36.5. The Labute approximate surface area is 366 Å². The number of hydrogen-bond donors (Lipinski definition) is 2. The summed E-state index contributed by atoms with van der Waals surface area (Å²) >= 11 is 0. The van der Waals surface area contributed by atoms with Crippen LogP contribution < -0.4 is 25.0 Å². The second kappa shape index (κ2) is 16.7. The highest BCUT2D eigenvalue weighted by molar-refractivity contribution is 6.23. The topological polar surface area (TPSA) is 211 Å². The summed E-state index contributed by atoms with van der Waals surface area (Å²) in [5, 5.41) is 24.2. The molecule has 4 heterocycles. The number of nitrogens with zero attached hydrogens (tertiary/aromatic N) is 7. The minimum atomic E-state index is -1.01. The molecule has 328 valence electrons. The van der Waals surface area contributed by atoms with Crippen LogP contribution in [0.25, 0.3) is 0 Å². The van der Waals surface area contributed by atoms with E-state index in [0.29, 0.717) is 46.6 Å². The van der Waals surface area contributed by atoms with Crippen molar-refractivity contribution in [2.75, 3.05) is 24.5 Å². The summed E-state index contributed by atoms with van der Waals surface area (Å²) in [7, 11) is 0. The van der Waals surface area contributed by atoms with Gasteiger partial charge in [-0.3, -0.25) is 39.1 Å².